The molecule has 2 rings (SSSR count). The van der Waals surface area contributed by atoms with Crippen molar-refractivity contribution in [3.8, 4) is 0 Å². The molecule has 0 aliphatic heterocycles. The molecule has 0 amide bonds. The van der Waals surface area contributed by atoms with Crippen molar-refractivity contribution in [3.05, 3.63) is 0 Å². The van der Waals surface area contributed by atoms with Crippen molar-refractivity contribution >= 4 is 0 Å². The summed E-state index contributed by atoms with van der Waals surface area (Å²) < 4.78 is 0. The summed E-state index contributed by atoms with van der Waals surface area (Å²) in [5.41, 5.74) is 0. The minimum Gasteiger partial charge on any atom is -0.393 e. The standard InChI is InChI=1S/C16H30O3/c17-13-8-9-15(16(19)11-14(18)10-13)12-6-4-2-1-3-5-7-12/h12-19H,1-11H2. The van der Waals surface area contributed by atoms with Gasteiger partial charge in [-0.15, -0.1) is 0 Å². The van der Waals surface area contributed by atoms with Crippen LogP contribution in [0.2, 0.25) is 0 Å². The van der Waals surface area contributed by atoms with E-state index in [2.05, 4.69) is 0 Å². The molecule has 2 fully saturated rings. The van der Waals surface area contributed by atoms with Gasteiger partial charge in [-0.05, 0) is 37.5 Å². The Morgan fingerprint density at radius 1 is 0.579 bits per heavy atom. The molecule has 3 N–H and O–H groups in total. The average Bonchev–Trinajstić information content (AvgIpc) is 2.29. The highest BCUT2D eigenvalue weighted by Crippen LogP contribution is 2.36. The maximum atomic E-state index is 10.4. The lowest BCUT2D eigenvalue weighted by atomic mass is 9.74. The van der Waals surface area contributed by atoms with Crippen molar-refractivity contribution in [2.75, 3.05) is 0 Å². The molecule has 0 spiro atoms. The van der Waals surface area contributed by atoms with Gasteiger partial charge >= 0.3 is 0 Å². The van der Waals surface area contributed by atoms with Gasteiger partial charge in [0.15, 0.2) is 0 Å². The summed E-state index contributed by atoms with van der Waals surface area (Å²) in [5.74, 6) is 0.871. The van der Waals surface area contributed by atoms with Gasteiger partial charge in [0.25, 0.3) is 0 Å². The SMILES string of the molecule is OC1CCC(C2CCCCCCC2)C(O)CC(O)C1. The van der Waals surface area contributed by atoms with Gasteiger partial charge in [-0.3, -0.25) is 0 Å². The van der Waals surface area contributed by atoms with Crippen molar-refractivity contribution in [1.29, 1.82) is 0 Å². The first kappa shape index (κ1) is 15.3. The van der Waals surface area contributed by atoms with E-state index >= 15 is 0 Å². The van der Waals surface area contributed by atoms with E-state index in [1.807, 2.05) is 0 Å². The molecule has 2 aliphatic carbocycles. The van der Waals surface area contributed by atoms with Crippen LogP contribution in [0.1, 0.15) is 70.6 Å². The molecule has 19 heavy (non-hydrogen) atoms. The molecule has 0 heterocycles. The van der Waals surface area contributed by atoms with Crippen LogP contribution in [0.3, 0.4) is 0 Å². The van der Waals surface area contributed by atoms with Crippen molar-refractivity contribution < 1.29 is 15.3 Å². The van der Waals surface area contributed by atoms with Crippen LogP contribution < -0.4 is 0 Å². The van der Waals surface area contributed by atoms with Gasteiger partial charge in [-0.1, -0.05) is 44.9 Å². The number of hydrogen-bond acceptors (Lipinski definition) is 3. The molecular weight excluding hydrogens is 240 g/mol. The van der Waals surface area contributed by atoms with Gasteiger partial charge in [0, 0.05) is 0 Å². The topological polar surface area (TPSA) is 60.7 Å². The van der Waals surface area contributed by atoms with Crippen molar-refractivity contribution in [1.82, 2.24) is 0 Å². The van der Waals surface area contributed by atoms with Crippen LogP contribution in [0.4, 0.5) is 0 Å². The number of aliphatic hydroxyl groups is 3. The van der Waals surface area contributed by atoms with E-state index in [0.29, 0.717) is 18.8 Å². The highest BCUT2D eigenvalue weighted by Gasteiger charge is 2.32. The quantitative estimate of drug-likeness (QED) is 0.686. The van der Waals surface area contributed by atoms with Gasteiger partial charge in [0.1, 0.15) is 0 Å². The van der Waals surface area contributed by atoms with E-state index < -0.39 is 12.2 Å². The third-order valence-corrected chi connectivity index (χ3v) is 5.14. The Morgan fingerprint density at radius 3 is 1.89 bits per heavy atom. The summed E-state index contributed by atoms with van der Waals surface area (Å²) in [6.07, 6.45) is 10.2. The number of rotatable bonds is 1. The summed E-state index contributed by atoms with van der Waals surface area (Å²) in [6.45, 7) is 0. The molecule has 112 valence electrons. The van der Waals surface area contributed by atoms with Crippen LogP contribution in [0.15, 0.2) is 0 Å². The molecule has 0 saturated heterocycles. The fourth-order valence-corrected chi connectivity index (χ4v) is 4.02. The number of hydrogen-bond donors (Lipinski definition) is 3. The molecule has 0 aromatic rings. The monoisotopic (exact) mass is 270 g/mol. The minimum absolute atomic E-state index is 0.280. The summed E-state index contributed by atoms with van der Waals surface area (Å²) in [4.78, 5) is 0. The second-order valence-corrected chi connectivity index (χ2v) is 6.69. The lowest BCUT2D eigenvalue weighted by Gasteiger charge is -2.36. The predicted molar refractivity (Wildman–Crippen MR) is 75.8 cm³/mol. The lowest BCUT2D eigenvalue weighted by Crippen LogP contribution is -2.36. The largest absolute Gasteiger partial charge is 0.393 e. The second-order valence-electron chi connectivity index (χ2n) is 6.69. The normalized spacial score (nSPS) is 39.9. The predicted octanol–water partition coefficient (Wildman–Crippen LogP) is 2.62. The highest BCUT2D eigenvalue weighted by molar-refractivity contribution is 4.83. The fourth-order valence-electron chi connectivity index (χ4n) is 4.02. The smallest absolute Gasteiger partial charge is 0.0595 e. The van der Waals surface area contributed by atoms with Crippen molar-refractivity contribution in [3.63, 3.8) is 0 Å². The Morgan fingerprint density at radius 2 is 1.21 bits per heavy atom. The molecule has 3 heteroatoms. The Hall–Kier alpha value is -0.120. The molecule has 2 aliphatic rings. The Bertz CT molecular complexity index is 248. The summed E-state index contributed by atoms with van der Waals surface area (Å²) >= 11 is 0. The fraction of sp³-hybridized carbons (Fsp3) is 1.00. The van der Waals surface area contributed by atoms with E-state index in [1.54, 1.807) is 0 Å². The van der Waals surface area contributed by atoms with Crippen LogP contribution in [0.5, 0.6) is 0 Å². The zero-order valence-corrected chi connectivity index (χ0v) is 12.0. The summed E-state index contributed by atoms with van der Waals surface area (Å²) in [6, 6.07) is 0. The van der Waals surface area contributed by atoms with Crippen molar-refractivity contribution in [2.24, 2.45) is 11.8 Å². The van der Waals surface area contributed by atoms with Crippen LogP contribution in [0.25, 0.3) is 0 Å². The third kappa shape index (κ3) is 4.73. The molecule has 4 atom stereocenters. The summed E-state index contributed by atoms with van der Waals surface area (Å²) in [5, 5.41) is 30.1. The van der Waals surface area contributed by atoms with Gasteiger partial charge in [-0.25, -0.2) is 0 Å². The van der Waals surface area contributed by atoms with Crippen LogP contribution in [0, 0.1) is 11.8 Å². The van der Waals surface area contributed by atoms with Crippen LogP contribution >= 0.6 is 0 Å². The molecule has 2 saturated carbocycles. The van der Waals surface area contributed by atoms with E-state index in [4.69, 9.17) is 0 Å². The van der Waals surface area contributed by atoms with Gasteiger partial charge in [-0.2, -0.15) is 0 Å². The summed E-state index contributed by atoms with van der Waals surface area (Å²) in [7, 11) is 0. The lowest BCUT2D eigenvalue weighted by molar-refractivity contribution is -0.0258. The van der Waals surface area contributed by atoms with Crippen molar-refractivity contribution in [2.45, 2.75) is 88.9 Å². The van der Waals surface area contributed by atoms with E-state index in [-0.39, 0.29) is 12.0 Å². The zero-order chi connectivity index (χ0) is 13.7. The first-order valence-corrected chi connectivity index (χ1v) is 8.21. The molecule has 4 unspecified atom stereocenters. The van der Waals surface area contributed by atoms with Crippen LogP contribution in [-0.2, 0) is 0 Å². The maximum Gasteiger partial charge on any atom is 0.0595 e. The first-order valence-electron chi connectivity index (χ1n) is 8.21. The average molecular weight is 270 g/mol. The van der Waals surface area contributed by atoms with E-state index in [1.165, 1.54) is 44.9 Å². The minimum atomic E-state index is -0.540. The third-order valence-electron chi connectivity index (χ3n) is 5.14. The molecule has 0 radical (unpaired) electrons. The van der Waals surface area contributed by atoms with E-state index in [0.717, 1.165) is 12.8 Å². The van der Waals surface area contributed by atoms with E-state index in [9.17, 15) is 15.3 Å². The molecular formula is C16H30O3. The molecule has 0 aromatic carbocycles. The number of aliphatic hydroxyl groups excluding tert-OH is 3. The first-order chi connectivity index (χ1) is 9.16. The highest BCUT2D eigenvalue weighted by atomic mass is 16.3. The molecule has 0 aromatic heterocycles. The molecule has 0 bridgehead atoms. The Labute approximate surface area is 117 Å². The Balaban J connectivity index is 1.97. The molecule has 3 nitrogen and oxygen atoms in total. The zero-order valence-electron chi connectivity index (χ0n) is 12.0. The second kappa shape index (κ2) is 7.61. The van der Waals surface area contributed by atoms with Gasteiger partial charge < -0.3 is 15.3 Å². The Kier molecular flexibility index (Phi) is 6.11. The van der Waals surface area contributed by atoms with Gasteiger partial charge in [0.2, 0.25) is 0 Å². The van der Waals surface area contributed by atoms with Crippen LogP contribution in [-0.4, -0.2) is 33.6 Å². The maximum absolute atomic E-state index is 10.4. The van der Waals surface area contributed by atoms with Gasteiger partial charge in [0.05, 0.1) is 18.3 Å².